The molecule has 3 unspecified atom stereocenters. The molecule has 1 aromatic rings. The van der Waals surface area contributed by atoms with Crippen molar-refractivity contribution < 1.29 is 19.5 Å². The average Bonchev–Trinajstić information content (AvgIpc) is 3.01. The Bertz CT molecular complexity index is 535. The number of nitrogens with zero attached hydrogens (tertiary/aromatic N) is 1. The fourth-order valence-electron chi connectivity index (χ4n) is 1.97. The van der Waals surface area contributed by atoms with Crippen molar-refractivity contribution in [2.45, 2.75) is 44.8 Å². The van der Waals surface area contributed by atoms with Crippen LogP contribution in [-0.4, -0.2) is 55.3 Å². The summed E-state index contributed by atoms with van der Waals surface area (Å²) >= 11 is 1.67. The Morgan fingerprint density at radius 3 is 2.57 bits per heavy atom. The highest BCUT2D eigenvalue weighted by Crippen LogP contribution is 2.03. The molecular weight excluding hydrogens is 415 g/mol. The van der Waals surface area contributed by atoms with E-state index >= 15 is 0 Å². The van der Waals surface area contributed by atoms with Gasteiger partial charge in [-0.1, -0.05) is 6.92 Å². The van der Waals surface area contributed by atoms with Crippen LogP contribution < -0.4 is 10.6 Å². The monoisotopic (exact) mass is 436 g/mol. The number of carbonyl (C=O) groups is 3. The molecular formula is C14H21IN4O4. The molecule has 0 spiro atoms. The predicted molar refractivity (Wildman–Crippen MR) is 92.4 cm³/mol. The van der Waals surface area contributed by atoms with Crippen molar-refractivity contribution in [3.05, 3.63) is 18.2 Å². The number of ketones is 1. The summed E-state index contributed by atoms with van der Waals surface area (Å²) in [6.45, 7) is 3.49. The van der Waals surface area contributed by atoms with Gasteiger partial charge in [0.25, 0.3) is 0 Å². The molecule has 1 aromatic heterocycles. The van der Waals surface area contributed by atoms with Crippen LogP contribution in [0.4, 0.5) is 0 Å². The summed E-state index contributed by atoms with van der Waals surface area (Å²) in [6.07, 6.45) is 3.69. The summed E-state index contributed by atoms with van der Waals surface area (Å²) in [5, 5.41) is 15.0. The van der Waals surface area contributed by atoms with Gasteiger partial charge in [0, 0.05) is 40.9 Å². The molecule has 128 valence electrons. The van der Waals surface area contributed by atoms with Crippen molar-refractivity contribution in [3.8, 4) is 0 Å². The van der Waals surface area contributed by atoms with Gasteiger partial charge in [-0.15, -0.1) is 0 Å². The number of aromatic amines is 1. The number of carboxylic acids is 1. The molecule has 0 aliphatic rings. The van der Waals surface area contributed by atoms with E-state index in [0.29, 0.717) is 12.1 Å². The Balaban J connectivity index is 2.62. The standard InChI is InChI=1S/C14H21IN4O4/c1-3-10(12(20)6-17-8(2)13(15)21)19-11(14(22)23)4-9-5-16-7-18-9/h5,7-8,10-11,17,19H,3-4,6H2,1-2H3,(H,16,18)(H,22,23). The zero-order chi connectivity index (χ0) is 17.4. The van der Waals surface area contributed by atoms with Crippen molar-refractivity contribution >= 4 is 38.1 Å². The molecule has 0 saturated carbocycles. The molecule has 0 amide bonds. The predicted octanol–water partition coefficient (Wildman–Crippen LogP) is 0.282. The Labute approximate surface area is 148 Å². The van der Waals surface area contributed by atoms with Gasteiger partial charge in [0.15, 0.2) is 5.78 Å². The maximum absolute atomic E-state index is 12.2. The van der Waals surface area contributed by atoms with E-state index in [4.69, 9.17) is 0 Å². The Hall–Kier alpha value is -1.33. The van der Waals surface area contributed by atoms with E-state index in [1.54, 1.807) is 42.6 Å². The number of carbonyl (C=O) groups excluding carboxylic acids is 2. The molecule has 1 rings (SSSR count). The highest BCUT2D eigenvalue weighted by atomic mass is 127. The van der Waals surface area contributed by atoms with Crippen molar-refractivity contribution in [1.29, 1.82) is 0 Å². The molecule has 9 heteroatoms. The van der Waals surface area contributed by atoms with Crippen molar-refractivity contribution in [3.63, 3.8) is 0 Å². The Morgan fingerprint density at radius 2 is 2.09 bits per heavy atom. The minimum absolute atomic E-state index is 0.0117. The van der Waals surface area contributed by atoms with Gasteiger partial charge in [0.05, 0.1) is 25.0 Å². The van der Waals surface area contributed by atoms with E-state index in [2.05, 4.69) is 20.6 Å². The van der Waals surface area contributed by atoms with E-state index in [-0.39, 0.29) is 22.5 Å². The third-order valence-electron chi connectivity index (χ3n) is 3.40. The van der Waals surface area contributed by atoms with Crippen LogP contribution in [0.1, 0.15) is 26.0 Å². The summed E-state index contributed by atoms with van der Waals surface area (Å²) in [7, 11) is 0. The lowest BCUT2D eigenvalue weighted by Crippen LogP contribution is -2.50. The molecule has 3 atom stereocenters. The lowest BCUT2D eigenvalue weighted by atomic mass is 10.1. The van der Waals surface area contributed by atoms with E-state index in [9.17, 15) is 19.5 Å². The molecule has 8 nitrogen and oxygen atoms in total. The number of aromatic nitrogens is 2. The minimum atomic E-state index is -1.03. The zero-order valence-corrected chi connectivity index (χ0v) is 15.2. The third-order valence-corrected chi connectivity index (χ3v) is 4.33. The molecule has 0 aliphatic heterocycles. The zero-order valence-electron chi connectivity index (χ0n) is 13.0. The lowest BCUT2D eigenvalue weighted by molar-refractivity contribution is -0.139. The van der Waals surface area contributed by atoms with Gasteiger partial charge in [0.2, 0.25) is 3.79 Å². The number of aliphatic carboxylic acids is 1. The fraction of sp³-hybridized carbons (Fsp3) is 0.571. The van der Waals surface area contributed by atoms with Gasteiger partial charge in [-0.3, -0.25) is 19.7 Å². The van der Waals surface area contributed by atoms with E-state index < -0.39 is 24.1 Å². The molecule has 1 heterocycles. The summed E-state index contributed by atoms with van der Waals surface area (Å²) in [6, 6.07) is -1.91. The quantitative estimate of drug-likeness (QED) is 0.290. The number of imidazole rings is 1. The van der Waals surface area contributed by atoms with E-state index in [1.807, 2.05) is 0 Å². The summed E-state index contributed by atoms with van der Waals surface area (Å²) in [5.74, 6) is -1.21. The maximum Gasteiger partial charge on any atom is 0.321 e. The van der Waals surface area contributed by atoms with Crippen molar-refractivity contribution in [1.82, 2.24) is 20.6 Å². The summed E-state index contributed by atoms with van der Waals surface area (Å²) < 4.78 is -0.0842. The number of hydrogen-bond donors (Lipinski definition) is 4. The topological polar surface area (TPSA) is 124 Å². The van der Waals surface area contributed by atoms with Crippen LogP contribution in [0.5, 0.6) is 0 Å². The van der Waals surface area contributed by atoms with Gasteiger partial charge in [0.1, 0.15) is 6.04 Å². The maximum atomic E-state index is 12.2. The van der Waals surface area contributed by atoms with Crippen molar-refractivity contribution in [2.24, 2.45) is 0 Å². The van der Waals surface area contributed by atoms with Gasteiger partial charge >= 0.3 is 5.97 Å². The first-order valence-electron chi connectivity index (χ1n) is 7.26. The largest absolute Gasteiger partial charge is 0.480 e. The van der Waals surface area contributed by atoms with E-state index in [0.717, 1.165) is 0 Å². The molecule has 0 aliphatic carbocycles. The Kier molecular flexibility index (Phi) is 8.34. The first-order chi connectivity index (χ1) is 10.8. The van der Waals surface area contributed by atoms with Gasteiger partial charge in [-0.05, 0) is 13.3 Å². The molecule has 0 bridgehead atoms. The average molecular weight is 436 g/mol. The molecule has 23 heavy (non-hydrogen) atoms. The summed E-state index contributed by atoms with van der Waals surface area (Å²) in [4.78, 5) is 41.4. The van der Waals surface area contributed by atoms with E-state index in [1.165, 1.54) is 6.33 Å². The highest BCUT2D eigenvalue weighted by Gasteiger charge is 2.26. The van der Waals surface area contributed by atoms with Gasteiger partial charge < -0.3 is 15.4 Å². The fourth-order valence-corrected chi connectivity index (χ4v) is 2.19. The molecule has 0 saturated heterocycles. The summed E-state index contributed by atoms with van der Waals surface area (Å²) in [5.41, 5.74) is 0.675. The molecule has 0 fully saturated rings. The molecule has 4 N–H and O–H groups in total. The Morgan fingerprint density at radius 1 is 1.39 bits per heavy atom. The molecule has 0 radical (unpaired) electrons. The smallest absolute Gasteiger partial charge is 0.321 e. The van der Waals surface area contributed by atoms with Crippen LogP contribution >= 0.6 is 22.6 Å². The SMILES string of the molecule is CCC(NC(Cc1cnc[nH]1)C(=O)O)C(=O)CNC(C)C(=O)I. The normalized spacial score (nSPS) is 14.9. The van der Waals surface area contributed by atoms with Crippen LogP contribution in [-0.2, 0) is 20.8 Å². The van der Waals surface area contributed by atoms with Crippen LogP contribution in [0.15, 0.2) is 12.5 Å². The van der Waals surface area contributed by atoms with Gasteiger partial charge in [-0.2, -0.15) is 0 Å². The second kappa shape index (κ2) is 9.73. The second-order valence-electron chi connectivity index (χ2n) is 5.17. The minimum Gasteiger partial charge on any atom is -0.480 e. The third kappa shape index (κ3) is 6.75. The number of H-pyrrole nitrogens is 1. The lowest BCUT2D eigenvalue weighted by Gasteiger charge is -2.21. The number of rotatable bonds is 11. The van der Waals surface area contributed by atoms with Crippen LogP contribution in [0.25, 0.3) is 0 Å². The number of Topliss-reactive ketones (excluding diaryl/α,β-unsaturated/α-hetero) is 1. The number of halogens is 1. The first-order valence-corrected chi connectivity index (χ1v) is 8.34. The second-order valence-corrected chi connectivity index (χ2v) is 6.24. The number of hydrogen-bond acceptors (Lipinski definition) is 6. The first kappa shape index (κ1) is 19.7. The molecule has 0 aromatic carbocycles. The highest BCUT2D eigenvalue weighted by molar-refractivity contribution is 14.1. The van der Waals surface area contributed by atoms with Crippen LogP contribution in [0.2, 0.25) is 0 Å². The van der Waals surface area contributed by atoms with Crippen LogP contribution in [0, 0.1) is 0 Å². The van der Waals surface area contributed by atoms with Crippen LogP contribution in [0.3, 0.4) is 0 Å². The van der Waals surface area contributed by atoms with Crippen molar-refractivity contribution in [2.75, 3.05) is 6.54 Å². The number of carboxylic acid groups (broad SMARTS) is 1. The van der Waals surface area contributed by atoms with Gasteiger partial charge in [-0.25, -0.2) is 4.98 Å². The number of nitrogens with one attached hydrogen (secondary N) is 3.